The number of hydrogen-bond acceptors (Lipinski definition) is 6. The van der Waals surface area contributed by atoms with Gasteiger partial charge in [0.1, 0.15) is 4.21 Å². The van der Waals surface area contributed by atoms with E-state index in [1.54, 1.807) is 21.8 Å². The summed E-state index contributed by atoms with van der Waals surface area (Å²) in [5.41, 5.74) is 0. The van der Waals surface area contributed by atoms with Gasteiger partial charge in [-0.15, -0.1) is 11.3 Å². The summed E-state index contributed by atoms with van der Waals surface area (Å²) in [5.74, 6) is -1.37. The van der Waals surface area contributed by atoms with Crippen molar-refractivity contribution >= 4 is 33.2 Å². The van der Waals surface area contributed by atoms with Gasteiger partial charge in [-0.1, -0.05) is 12.5 Å². The SMILES string of the molecule is O=C(NCCC1CCCCN1S(=O)(=O)c1cccs1)C(=O)NCC1CCCO1. The fraction of sp³-hybridized carbons (Fsp3) is 0.667. The van der Waals surface area contributed by atoms with Crippen molar-refractivity contribution in [2.45, 2.75) is 54.9 Å². The minimum atomic E-state index is -3.51. The van der Waals surface area contributed by atoms with Crippen LogP contribution in [0.3, 0.4) is 0 Å². The molecule has 0 saturated carbocycles. The van der Waals surface area contributed by atoms with Crippen LogP contribution >= 0.6 is 11.3 Å². The standard InChI is InChI=1S/C18H27N3O5S2/c22-17(18(23)20-13-15-6-3-11-26-15)19-9-8-14-5-1-2-10-21(14)28(24,25)16-7-4-12-27-16/h4,7,12,14-15H,1-3,5-6,8-11,13H2,(H,19,22)(H,20,23). The number of amides is 2. The molecule has 2 saturated heterocycles. The molecule has 0 aromatic carbocycles. The van der Waals surface area contributed by atoms with Crippen LogP contribution in [0.15, 0.2) is 21.7 Å². The minimum Gasteiger partial charge on any atom is -0.376 e. The summed E-state index contributed by atoms with van der Waals surface area (Å²) in [6, 6.07) is 3.17. The maximum Gasteiger partial charge on any atom is 0.309 e. The first-order valence-corrected chi connectivity index (χ1v) is 12.0. The molecule has 10 heteroatoms. The topological polar surface area (TPSA) is 105 Å². The fourth-order valence-corrected chi connectivity index (χ4v) is 6.47. The van der Waals surface area contributed by atoms with Gasteiger partial charge in [-0.3, -0.25) is 9.59 Å². The van der Waals surface area contributed by atoms with Gasteiger partial charge in [0.05, 0.1) is 6.10 Å². The van der Waals surface area contributed by atoms with E-state index in [4.69, 9.17) is 4.74 Å². The molecule has 2 fully saturated rings. The summed E-state index contributed by atoms with van der Waals surface area (Å²) in [4.78, 5) is 23.8. The third kappa shape index (κ3) is 5.31. The van der Waals surface area contributed by atoms with Crippen LogP contribution in [0, 0.1) is 0 Å². The number of ether oxygens (including phenoxy) is 1. The number of rotatable bonds is 7. The van der Waals surface area contributed by atoms with Gasteiger partial charge < -0.3 is 15.4 Å². The molecule has 0 aliphatic carbocycles. The number of hydrogen-bond donors (Lipinski definition) is 2. The first-order chi connectivity index (χ1) is 13.5. The molecule has 0 bridgehead atoms. The summed E-state index contributed by atoms with van der Waals surface area (Å²) in [5, 5.41) is 6.94. The molecule has 2 N–H and O–H groups in total. The molecular weight excluding hydrogens is 402 g/mol. The van der Waals surface area contributed by atoms with E-state index in [0.29, 0.717) is 30.3 Å². The first kappa shape index (κ1) is 21.2. The third-order valence-electron chi connectivity index (χ3n) is 5.11. The molecule has 0 radical (unpaired) electrons. The van der Waals surface area contributed by atoms with Crippen LogP contribution in [0.4, 0.5) is 0 Å². The highest BCUT2D eigenvalue weighted by atomic mass is 32.2. The van der Waals surface area contributed by atoms with Crippen LogP contribution in [0.1, 0.15) is 38.5 Å². The Bertz CT molecular complexity index is 760. The van der Waals surface area contributed by atoms with Crippen molar-refractivity contribution in [2.75, 3.05) is 26.2 Å². The maximum absolute atomic E-state index is 12.8. The predicted molar refractivity (Wildman–Crippen MR) is 105 cm³/mol. The monoisotopic (exact) mass is 429 g/mol. The van der Waals surface area contributed by atoms with E-state index in [1.807, 2.05) is 0 Å². The second-order valence-corrected chi connectivity index (χ2v) is 10.2. The summed E-state index contributed by atoms with van der Waals surface area (Å²) < 4.78 is 33.0. The minimum absolute atomic E-state index is 0.0185. The Balaban J connectivity index is 1.47. The summed E-state index contributed by atoms with van der Waals surface area (Å²) in [6.07, 6.45) is 4.86. The Morgan fingerprint density at radius 1 is 1.18 bits per heavy atom. The van der Waals surface area contributed by atoms with Gasteiger partial charge in [-0.05, 0) is 43.6 Å². The predicted octanol–water partition coefficient (Wildman–Crippen LogP) is 1.09. The van der Waals surface area contributed by atoms with Crippen molar-refractivity contribution in [1.29, 1.82) is 0 Å². The Morgan fingerprint density at radius 3 is 2.71 bits per heavy atom. The Kier molecular flexibility index (Phi) is 7.44. The smallest absolute Gasteiger partial charge is 0.309 e. The maximum atomic E-state index is 12.8. The van der Waals surface area contributed by atoms with Gasteiger partial charge >= 0.3 is 11.8 Å². The molecule has 2 aliphatic rings. The van der Waals surface area contributed by atoms with E-state index in [1.165, 1.54) is 11.3 Å². The Hall–Kier alpha value is -1.49. The van der Waals surface area contributed by atoms with Gasteiger partial charge in [0.25, 0.3) is 10.0 Å². The molecule has 1 aromatic heterocycles. The van der Waals surface area contributed by atoms with E-state index in [9.17, 15) is 18.0 Å². The molecule has 156 valence electrons. The highest BCUT2D eigenvalue weighted by Gasteiger charge is 2.33. The van der Waals surface area contributed by atoms with Crippen molar-refractivity contribution in [3.8, 4) is 0 Å². The van der Waals surface area contributed by atoms with Crippen LogP contribution < -0.4 is 10.6 Å². The Morgan fingerprint density at radius 2 is 2.00 bits per heavy atom. The molecule has 2 aliphatic heterocycles. The molecule has 3 heterocycles. The van der Waals surface area contributed by atoms with Gasteiger partial charge in [-0.25, -0.2) is 8.42 Å². The molecule has 0 spiro atoms. The van der Waals surface area contributed by atoms with Crippen molar-refractivity contribution in [3.63, 3.8) is 0 Å². The number of carbonyl (C=O) groups excluding carboxylic acids is 2. The molecule has 8 nitrogen and oxygen atoms in total. The molecule has 2 amide bonds. The zero-order chi connectivity index (χ0) is 20.0. The number of nitrogens with one attached hydrogen (secondary N) is 2. The zero-order valence-corrected chi connectivity index (χ0v) is 17.4. The molecule has 1 aromatic rings. The fourth-order valence-electron chi connectivity index (χ4n) is 3.63. The lowest BCUT2D eigenvalue weighted by atomic mass is 10.0. The first-order valence-electron chi connectivity index (χ1n) is 9.71. The van der Waals surface area contributed by atoms with Gasteiger partial charge in [0, 0.05) is 32.3 Å². The van der Waals surface area contributed by atoms with Crippen molar-refractivity contribution in [2.24, 2.45) is 0 Å². The quantitative estimate of drug-likeness (QED) is 0.632. The molecular formula is C18H27N3O5S2. The molecule has 2 unspecified atom stereocenters. The number of sulfonamides is 1. The van der Waals surface area contributed by atoms with Gasteiger partial charge in [-0.2, -0.15) is 4.31 Å². The number of carbonyl (C=O) groups is 2. The lowest BCUT2D eigenvalue weighted by Crippen LogP contribution is -2.46. The highest BCUT2D eigenvalue weighted by Crippen LogP contribution is 2.29. The van der Waals surface area contributed by atoms with Crippen LogP contribution in [-0.4, -0.2) is 62.9 Å². The average molecular weight is 430 g/mol. The van der Waals surface area contributed by atoms with Gasteiger partial charge in [0.2, 0.25) is 0 Å². The van der Waals surface area contributed by atoms with E-state index >= 15 is 0 Å². The molecule has 28 heavy (non-hydrogen) atoms. The van der Waals surface area contributed by atoms with Crippen molar-refractivity contribution in [1.82, 2.24) is 14.9 Å². The molecule has 3 rings (SSSR count). The zero-order valence-electron chi connectivity index (χ0n) is 15.8. The Labute approximate surface area is 169 Å². The van der Waals surface area contributed by atoms with E-state index in [2.05, 4.69) is 10.6 Å². The van der Waals surface area contributed by atoms with Crippen LogP contribution in [0.5, 0.6) is 0 Å². The van der Waals surface area contributed by atoms with Crippen LogP contribution in [-0.2, 0) is 24.3 Å². The lowest BCUT2D eigenvalue weighted by Gasteiger charge is -2.34. The normalized spacial score (nSPS) is 23.4. The lowest BCUT2D eigenvalue weighted by molar-refractivity contribution is -0.139. The second-order valence-electron chi connectivity index (χ2n) is 7.09. The van der Waals surface area contributed by atoms with E-state index in [0.717, 1.165) is 32.1 Å². The number of nitrogens with zero attached hydrogens (tertiary/aromatic N) is 1. The summed E-state index contributed by atoms with van der Waals surface area (Å²) in [6.45, 7) is 1.77. The van der Waals surface area contributed by atoms with Gasteiger partial charge in [0.15, 0.2) is 0 Å². The van der Waals surface area contributed by atoms with E-state index < -0.39 is 21.8 Å². The second kappa shape index (κ2) is 9.82. The van der Waals surface area contributed by atoms with Crippen LogP contribution in [0.2, 0.25) is 0 Å². The number of thiophene rings is 1. The highest BCUT2D eigenvalue weighted by molar-refractivity contribution is 7.91. The summed E-state index contributed by atoms with van der Waals surface area (Å²) >= 11 is 1.21. The van der Waals surface area contributed by atoms with Crippen LogP contribution in [0.25, 0.3) is 0 Å². The van der Waals surface area contributed by atoms with Crippen molar-refractivity contribution < 1.29 is 22.7 Å². The van der Waals surface area contributed by atoms with Crippen molar-refractivity contribution in [3.05, 3.63) is 17.5 Å². The average Bonchev–Trinajstić information content (AvgIpc) is 3.40. The number of piperidine rings is 1. The largest absolute Gasteiger partial charge is 0.376 e. The summed E-state index contributed by atoms with van der Waals surface area (Å²) in [7, 11) is -3.51. The van der Waals surface area contributed by atoms with E-state index in [-0.39, 0.29) is 18.7 Å². The third-order valence-corrected chi connectivity index (χ3v) is 8.44. The molecule has 2 atom stereocenters.